The van der Waals surface area contributed by atoms with Crippen molar-refractivity contribution in [2.24, 2.45) is 10.9 Å². The van der Waals surface area contributed by atoms with E-state index in [0.717, 1.165) is 81.4 Å². The van der Waals surface area contributed by atoms with Crippen molar-refractivity contribution in [3.63, 3.8) is 0 Å². The lowest BCUT2D eigenvalue weighted by Crippen LogP contribution is -2.35. The minimum absolute atomic E-state index is 0.349. The minimum Gasteiger partial charge on any atom is -0.385 e. The van der Waals surface area contributed by atoms with E-state index < -0.39 is 5.60 Å². The zero-order valence-corrected chi connectivity index (χ0v) is 26.6. The van der Waals surface area contributed by atoms with E-state index in [2.05, 4.69) is 91.7 Å². The van der Waals surface area contributed by atoms with Gasteiger partial charge in [0.05, 0.1) is 5.60 Å². The number of aliphatic imine (C=N–C) groups is 1. The van der Waals surface area contributed by atoms with Gasteiger partial charge in [-0.15, -0.1) is 11.8 Å². The first-order chi connectivity index (χ1) is 18.7. The number of nitrogens with zero attached hydrogens (tertiary/aromatic N) is 1. The Morgan fingerprint density at radius 2 is 1.92 bits per heavy atom. The molecule has 1 aliphatic carbocycles. The van der Waals surface area contributed by atoms with Gasteiger partial charge in [0.2, 0.25) is 0 Å². The summed E-state index contributed by atoms with van der Waals surface area (Å²) < 4.78 is 0. The van der Waals surface area contributed by atoms with Crippen LogP contribution in [0.4, 0.5) is 0 Å². The monoisotopic (exact) mass is 549 g/mol. The highest BCUT2D eigenvalue weighted by Gasteiger charge is 2.35. The molecule has 1 N–H and O–H groups in total. The van der Waals surface area contributed by atoms with Crippen molar-refractivity contribution in [2.75, 3.05) is 12.3 Å². The summed E-state index contributed by atoms with van der Waals surface area (Å²) in [5, 5.41) is 11.9. The first kappa shape index (κ1) is 34.9. The van der Waals surface area contributed by atoms with Gasteiger partial charge in [-0.25, -0.2) is 0 Å². The van der Waals surface area contributed by atoms with Crippen molar-refractivity contribution < 1.29 is 5.11 Å². The van der Waals surface area contributed by atoms with Crippen LogP contribution < -0.4 is 0 Å². The maximum absolute atomic E-state index is 11.9. The Balaban J connectivity index is 2.95. The maximum Gasteiger partial charge on any atom is 0.0862 e. The molecule has 0 amide bonds. The topological polar surface area (TPSA) is 32.6 Å². The fraction of sp³-hybridized carbons (Fsp3) is 0.528. The molecule has 0 fully saturated rings. The first-order valence-electron chi connectivity index (χ1n) is 15.0. The molecule has 2 atom stereocenters. The molecule has 39 heavy (non-hydrogen) atoms. The van der Waals surface area contributed by atoms with Gasteiger partial charge >= 0.3 is 0 Å². The highest BCUT2D eigenvalue weighted by atomic mass is 32.2. The molecule has 0 spiro atoms. The lowest BCUT2D eigenvalue weighted by atomic mass is 9.73. The second-order valence-electron chi connectivity index (χ2n) is 10.5. The normalized spacial score (nSPS) is 18.5. The molecule has 1 unspecified atom stereocenters. The Bertz CT molecular complexity index is 1000. The van der Waals surface area contributed by atoms with E-state index in [9.17, 15) is 5.11 Å². The van der Waals surface area contributed by atoms with Gasteiger partial charge in [0, 0.05) is 18.0 Å². The van der Waals surface area contributed by atoms with Crippen molar-refractivity contribution in [3.8, 4) is 0 Å². The van der Waals surface area contributed by atoms with Crippen molar-refractivity contribution >= 4 is 17.5 Å². The molecule has 0 heterocycles. The van der Waals surface area contributed by atoms with Crippen molar-refractivity contribution in [3.05, 3.63) is 95.0 Å². The van der Waals surface area contributed by atoms with Crippen LogP contribution in [0.5, 0.6) is 0 Å². The van der Waals surface area contributed by atoms with Crippen LogP contribution in [0.15, 0.2) is 100 Å². The van der Waals surface area contributed by atoms with Gasteiger partial charge in [0.1, 0.15) is 0 Å². The predicted octanol–water partition coefficient (Wildman–Crippen LogP) is 10.7. The van der Waals surface area contributed by atoms with E-state index in [-0.39, 0.29) is 0 Å². The molecule has 1 aliphatic rings. The zero-order valence-electron chi connectivity index (χ0n) is 25.8. The Morgan fingerprint density at radius 3 is 2.51 bits per heavy atom. The third-order valence-electron chi connectivity index (χ3n) is 7.61. The van der Waals surface area contributed by atoms with E-state index in [1.807, 2.05) is 23.9 Å². The van der Waals surface area contributed by atoms with Gasteiger partial charge < -0.3 is 5.11 Å². The lowest BCUT2D eigenvalue weighted by Gasteiger charge is -2.37. The minimum atomic E-state index is -0.771. The highest BCUT2D eigenvalue weighted by Crippen LogP contribution is 2.40. The number of rotatable bonds is 19. The summed E-state index contributed by atoms with van der Waals surface area (Å²) in [4.78, 5) is 6.15. The third-order valence-corrected chi connectivity index (χ3v) is 8.71. The predicted molar refractivity (Wildman–Crippen MR) is 179 cm³/mol. The average molecular weight is 550 g/mol. The number of hydrogen-bond acceptors (Lipinski definition) is 3. The number of allylic oxidation sites excluding steroid dienone is 12. The van der Waals surface area contributed by atoms with E-state index in [1.54, 1.807) is 0 Å². The third kappa shape index (κ3) is 11.5. The fourth-order valence-corrected chi connectivity index (χ4v) is 6.46. The Hall–Kier alpha value is -2.10. The van der Waals surface area contributed by atoms with Gasteiger partial charge in [-0.05, 0) is 105 Å². The van der Waals surface area contributed by atoms with Crippen molar-refractivity contribution in [2.45, 2.75) is 105 Å². The lowest BCUT2D eigenvalue weighted by molar-refractivity contribution is 0.0463. The van der Waals surface area contributed by atoms with Gasteiger partial charge in [-0.3, -0.25) is 4.99 Å². The van der Waals surface area contributed by atoms with Crippen LogP contribution in [0.25, 0.3) is 0 Å². The second-order valence-corrected chi connectivity index (χ2v) is 11.7. The van der Waals surface area contributed by atoms with Gasteiger partial charge in [-0.2, -0.15) is 0 Å². The summed E-state index contributed by atoms with van der Waals surface area (Å²) in [5.41, 5.74) is 6.49. The molecular formula is C36H55NOS. The van der Waals surface area contributed by atoms with Gasteiger partial charge in [-0.1, -0.05) is 95.0 Å². The van der Waals surface area contributed by atoms with Gasteiger partial charge in [0.15, 0.2) is 0 Å². The molecule has 0 saturated heterocycles. The fourth-order valence-electron chi connectivity index (χ4n) is 5.38. The van der Waals surface area contributed by atoms with Crippen LogP contribution >= 0.6 is 11.8 Å². The summed E-state index contributed by atoms with van der Waals surface area (Å²) in [6.45, 7) is 26.2. The molecule has 0 aromatic rings. The Kier molecular flexibility index (Phi) is 17.1. The van der Waals surface area contributed by atoms with Crippen molar-refractivity contribution in [1.82, 2.24) is 0 Å². The molecule has 0 aromatic heterocycles. The summed E-state index contributed by atoms with van der Waals surface area (Å²) in [6, 6.07) is 0. The van der Waals surface area contributed by atoms with E-state index >= 15 is 0 Å². The highest BCUT2D eigenvalue weighted by molar-refractivity contribution is 8.03. The number of hydrogen-bond donors (Lipinski definition) is 1. The molecule has 0 saturated carbocycles. The van der Waals surface area contributed by atoms with Crippen LogP contribution in [-0.2, 0) is 0 Å². The van der Waals surface area contributed by atoms with Crippen LogP contribution in [0.2, 0.25) is 0 Å². The van der Waals surface area contributed by atoms with E-state index in [1.165, 1.54) is 27.2 Å². The van der Waals surface area contributed by atoms with Crippen LogP contribution in [-0.4, -0.2) is 28.7 Å². The Morgan fingerprint density at radius 1 is 1.18 bits per heavy atom. The summed E-state index contributed by atoms with van der Waals surface area (Å²) in [5.74, 6) is 1.17. The molecule has 1 rings (SSSR count). The Labute approximate surface area is 245 Å². The zero-order chi connectivity index (χ0) is 29.3. The molecule has 216 valence electrons. The van der Waals surface area contributed by atoms with Crippen LogP contribution in [0.1, 0.15) is 99.3 Å². The maximum atomic E-state index is 11.9. The van der Waals surface area contributed by atoms with Crippen LogP contribution in [0.3, 0.4) is 0 Å². The SMILES string of the molecule is C=C\C=C/C(=C\C)C(/CC)=C(\C)SC/C(=N\CC)C(=C)CCC[C@@](O)(CCC)C1=CC=CCC1CC(=C)CC. The molecule has 0 aromatic carbocycles. The average Bonchev–Trinajstić information content (AvgIpc) is 2.93. The second kappa shape index (κ2) is 19.1. The molecule has 0 radical (unpaired) electrons. The van der Waals surface area contributed by atoms with Crippen LogP contribution in [0, 0.1) is 5.92 Å². The summed E-state index contributed by atoms with van der Waals surface area (Å²) in [7, 11) is 0. The molecular weight excluding hydrogens is 494 g/mol. The standard InChI is InChI=1S/C36H55NOS/c1-10-16-21-31(13-4)33(14-5)30(9)39-27-35(37-15-6)29(8)20-19-25-36(38,24-11-2)34-23-18-17-22-32(34)26-28(7)12-3/h10,13,16-18,21,23,32,38H,1,7-8,11-12,14-15,19-20,22,24-27H2,2-6,9H3/b21-16-,31-13+,33-30+,37-35+/t32?,36-/m0/s1. The largest absolute Gasteiger partial charge is 0.385 e. The van der Waals surface area contributed by atoms with Crippen molar-refractivity contribution in [1.29, 1.82) is 0 Å². The molecule has 2 nitrogen and oxygen atoms in total. The molecule has 0 bridgehead atoms. The van der Waals surface area contributed by atoms with E-state index in [0.29, 0.717) is 5.92 Å². The summed E-state index contributed by atoms with van der Waals surface area (Å²) in [6.07, 6.45) is 22.8. The molecule has 3 heteroatoms. The molecule has 0 aliphatic heterocycles. The number of aliphatic hydroxyl groups is 1. The quantitative estimate of drug-likeness (QED) is 0.0987. The number of thioether (sulfide) groups is 1. The van der Waals surface area contributed by atoms with E-state index in [4.69, 9.17) is 4.99 Å². The van der Waals surface area contributed by atoms with Gasteiger partial charge in [0.25, 0.3) is 0 Å². The first-order valence-corrected chi connectivity index (χ1v) is 16.0. The summed E-state index contributed by atoms with van der Waals surface area (Å²) >= 11 is 1.85. The smallest absolute Gasteiger partial charge is 0.0862 e.